The van der Waals surface area contributed by atoms with Crippen LogP contribution in [0.3, 0.4) is 0 Å². The molecule has 0 aliphatic carbocycles. The van der Waals surface area contributed by atoms with Gasteiger partial charge in [0.15, 0.2) is 24.2 Å². The summed E-state index contributed by atoms with van der Waals surface area (Å²) in [6.07, 6.45) is 3.32. The first-order chi connectivity index (χ1) is 17.7. The van der Waals surface area contributed by atoms with Gasteiger partial charge in [0.05, 0.1) is 12.2 Å². The largest absolute Gasteiger partial charge is 0.741 e. The third-order valence-corrected chi connectivity index (χ3v) is 10.8. The van der Waals surface area contributed by atoms with Gasteiger partial charge in [0, 0.05) is 5.92 Å². The zero-order valence-electron chi connectivity index (χ0n) is 23.2. The summed E-state index contributed by atoms with van der Waals surface area (Å²) in [4.78, 5) is 11.8. The molecule has 0 saturated heterocycles. The van der Waals surface area contributed by atoms with Gasteiger partial charge in [0.25, 0.3) is 0 Å². The van der Waals surface area contributed by atoms with E-state index < -0.39 is 36.0 Å². The number of ether oxygens (including phenoxy) is 1. The zero-order valence-corrected chi connectivity index (χ0v) is 25.0. The van der Waals surface area contributed by atoms with E-state index in [-0.39, 0.29) is 5.04 Å². The van der Waals surface area contributed by atoms with Crippen LogP contribution in [0, 0.1) is 11.8 Å². The summed E-state index contributed by atoms with van der Waals surface area (Å²) in [5, 5.41) is 0.0101. The summed E-state index contributed by atoms with van der Waals surface area (Å²) >= 11 is 0. The molecule has 0 fully saturated rings. The zero-order chi connectivity index (χ0) is 30.2. The molecule has 1 atom stereocenters. The lowest BCUT2D eigenvalue weighted by Crippen LogP contribution is -2.43. The molecule has 0 spiro atoms. The number of allylic oxidation sites excluding steroid dienone is 1. The Morgan fingerprint density at radius 1 is 1.21 bits per heavy atom. The van der Waals surface area contributed by atoms with Crippen molar-refractivity contribution in [1.82, 2.24) is 0 Å². The molecule has 1 unspecified atom stereocenters. The highest BCUT2D eigenvalue weighted by atomic mass is 32.2. The second-order valence-corrected chi connectivity index (χ2v) is 16.0. The Bertz CT molecular complexity index is 1320. The molecule has 1 aromatic heterocycles. The molecule has 2 aromatic rings. The van der Waals surface area contributed by atoms with Crippen molar-refractivity contribution in [2.75, 3.05) is 6.61 Å². The summed E-state index contributed by atoms with van der Waals surface area (Å²) in [5.74, 6) is 6.46. The van der Waals surface area contributed by atoms with Gasteiger partial charge in [-0.3, -0.25) is 0 Å². The monoisotopic (exact) mass is 589 g/mol. The van der Waals surface area contributed by atoms with Crippen molar-refractivity contribution < 1.29 is 49.1 Å². The lowest BCUT2D eigenvalue weighted by molar-refractivity contribution is -0.662. The van der Waals surface area contributed by atoms with Crippen LogP contribution in [0.2, 0.25) is 18.1 Å². The summed E-state index contributed by atoms with van der Waals surface area (Å²) in [5.41, 5.74) is -3.76. The van der Waals surface area contributed by atoms with Crippen LogP contribution in [0.5, 0.6) is 0 Å². The van der Waals surface area contributed by atoms with E-state index in [0.29, 0.717) is 6.61 Å². The molecule has 216 valence electrons. The number of oxazole rings is 1. The Hall–Kier alpha value is -2.92. The Kier molecular flexibility index (Phi) is 11.7. The maximum absolute atomic E-state index is 11.8. The second-order valence-electron chi connectivity index (χ2n) is 9.92. The number of hydrogen-bond donors (Lipinski definition) is 0. The van der Waals surface area contributed by atoms with E-state index in [9.17, 15) is 18.0 Å². The van der Waals surface area contributed by atoms with Gasteiger partial charge in [-0.05, 0) is 55.8 Å². The Morgan fingerprint density at radius 2 is 1.74 bits per heavy atom. The Balaban J connectivity index is 0.000000824. The summed E-state index contributed by atoms with van der Waals surface area (Å²) in [6.45, 7) is 14.8. The molecule has 13 heteroatoms. The molecule has 0 amide bonds. The van der Waals surface area contributed by atoms with Crippen molar-refractivity contribution >= 4 is 30.0 Å². The van der Waals surface area contributed by atoms with E-state index in [1.807, 2.05) is 61.1 Å². The van der Waals surface area contributed by atoms with E-state index in [4.69, 9.17) is 26.6 Å². The van der Waals surface area contributed by atoms with Crippen molar-refractivity contribution in [1.29, 1.82) is 0 Å². The van der Waals surface area contributed by atoms with E-state index in [1.165, 1.54) is 0 Å². The number of rotatable bonds is 6. The molecule has 1 heterocycles. The van der Waals surface area contributed by atoms with Gasteiger partial charge in [-0.1, -0.05) is 44.9 Å². The van der Waals surface area contributed by atoms with Crippen molar-refractivity contribution in [3.05, 3.63) is 48.4 Å². The van der Waals surface area contributed by atoms with Crippen LogP contribution < -0.4 is 4.57 Å². The fourth-order valence-electron chi connectivity index (χ4n) is 2.67. The number of esters is 1. The van der Waals surface area contributed by atoms with E-state index in [0.717, 1.165) is 22.8 Å². The minimum atomic E-state index is -6.09. The van der Waals surface area contributed by atoms with E-state index in [1.54, 1.807) is 6.92 Å². The minimum Gasteiger partial charge on any atom is -0.741 e. The first kappa shape index (κ1) is 34.1. The number of benzene rings is 1. The number of carbonyl (C=O) groups excluding carboxylic acids is 1. The Labute approximate surface area is 228 Å². The van der Waals surface area contributed by atoms with Crippen LogP contribution in [0.15, 0.2) is 47.0 Å². The van der Waals surface area contributed by atoms with Crippen LogP contribution in [0.25, 0.3) is 17.0 Å². The lowest BCUT2D eigenvalue weighted by atomic mass is 10.2. The first-order valence-corrected chi connectivity index (χ1v) is 16.1. The molecule has 1 aromatic carbocycles. The highest BCUT2D eigenvalue weighted by molar-refractivity contribution is 7.86. The average molecular weight is 590 g/mol. The number of nitrogens with zero attached hydrogens (tertiary/aromatic N) is 1. The first-order valence-electron chi connectivity index (χ1n) is 11.8. The molecule has 0 radical (unpaired) electrons. The molecule has 0 aliphatic rings. The van der Waals surface area contributed by atoms with Gasteiger partial charge < -0.3 is 18.1 Å². The molecule has 0 saturated carbocycles. The normalized spacial score (nSPS) is 13.5. The number of alkyl halides is 3. The van der Waals surface area contributed by atoms with E-state index in [2.05, 4.69) is 45.7 Å². The van der Waals surface area contributed by atoms with Crippen molar-refractivity contribution in [3.63, 3.8) is 0 Å². The van der Waals surface area contributed by atoms with Gasteiger partial charge in [0.2, 0.25) is 6.20 Å². The third kappa shape index (κ3) is 10.6. The highest BCUT2D eigenvalue weighted by Gasteiger charge is 2.39. The summed E-state index contributed by atoms with van der Waals surface area (Å²) in [7, 11) is -6.26. The number of aromatic nitrogens is 1. The minimum absolute atomic E-state index is 0.0101. The molecule has 2 rings (SSSR count). The van der Waals surface area contributed by atoms with E-state index >= 15 is 0 Å². The predicted molar refractivity (Wildman–Crippen MR) is 141 cm³/mol. The van der Waals surface area contributed by atoms with Crippen LogP contribution >= 0.6 is 0 Å². The van der Waals surface area contributed by atoms with Crippen molar-refractivity contribution in [3.8, 4) is 23.3 Å². The third-order valence-electron chi connectivity index (χ3n) is 5.75. The predicted octanol–water partition coefficient (Wildman–Crippen LogP) is 5.18. The van der Waals surface area contributed by atoms with Gasteiger partial charge in [-0.25, -0.2) is 13.2 Å². The van der Waals surface area contributed by atoms with Gasteiger partial charge >= 0.3 is 17.4 Å². The smallest absolute Gasteiger partial charge is 0.485 e. The van der Waals surface area contributed by atoms with Crippen molar-refractivity contribution in [2.24, 2.45) is 7.05 Å². The van der Waals surface area contributed by atoms with Crippen molar-refractivity contribution in [2.45, 2.75) is 64.4 Å². The quantitative estimate of drug-likeness (QED) is 0.0868. The number of hydrogen-bond acceptors (Lipinski definition) is 7. The molecule has 8 nitrogen and oxygen atoms in total. The van der Waals surface area contributed by atoms with Crippen LogP contribution in [0.4, 0.5) is 13.2 Å². The topological polar surface area (TPSA) is 110 Å². The molecular weight excluding hydrogens is 555 g/mol. The standard InChI is InChI=1S/C25H34NO4Si.CHF3O3S/c1-9-28-23(27)16-15-21(30-31(7,8)25(3,4)5)17-19(2)22-18-26(6)24(29-22)20-13-11-10-12-14-20;2-1(3,4)8(5,6)7/h10-14,17-18,21H,9H2,1-8H3;(H,5,6,7)/q+1;/p-1/b19-17-;. The van der Waals surface area contributed by atoms with Crippen LogP contribution in [0.1, 0.15) is 40.4 Å². The fourth-order valence-corrected chi connectivity index (χ4v) is 3.78. The van der Waals surface area contributed by atoms with Gasteiger partial charge in [-0.15, -0.1) is 0 Å². The Morgan fingerprint density at radius 3 is 2.21 bits per heavy atom. The molecule has 39 heavy (non-hydrogen) atoms. The second kappa shape index (κ2) is 13.4. The van der Waals surface area contributed by atoms with Gasteiger partial charge in [0.1, 0.15) is 13.2 Å². The number of aryl methyl sites for hydroxylation is 1. The lowest BCUT2D eigenvalue weighted by Gasteiger charge is -2.37. The molecule has 0 aliphatic heterocycles. The van der Waals surface area contributed by atoms with Gasteiger partial charge in [-0.2, -0.15) is 17.7 Å². The number of carbonyl (C=O) groups is 1. The number of halogens is 3. The summed E-state index contributed by atoms with van der Waals surface area (Å²) < 4.78 is 78.4. The molecule has 0 bridgehead atoms. The average Bonchev–Trinajstić information content (AvgIpc) is 3.18. The van der Waals surface area contributed by atoms with Crippen LogP contribution in [-0.2, 0) is 31.1 Å². The SMILES string of the molecule is CCOC(=O)C#CC(/C=C(/C)c1c[n+](C)c(-c2ccccc2)o1)O[Si](C)(C)C(C)(C)C.O=S(=O)([O-])C(F)(F)F. The maximum Gasteiger partial charge on any atom is 0.485 e. The molecule has 0 N–H and O–H groups in total. The van der Waals surface area contributed by atoms with Crippen LogP contribution in [-0.4, -0.2) is 45.5 Å². The molecular formula is C26H34F3NO7SSi. The summed E-state index contributed by atoms with van der Waals surface area (Å²) in [6, 6.07) is 9.96. The highest BCUT2D eigenvalue weighted by Crippen LogP contribution is 2.37. The fraction of sp³-hybridized carbons (Fsp3) is 0.462. The maximum atomic E-state index is 11.8.